The molecule has 0 aliphatic rings. The van der Waals surface area contributed by atoms with Crippen molar-refractivity contribution in [3.05, 3.63) is 358 Å². The molecular weight excluding hydrogens is 2130 g/mol. The normalized spacial score (nSPS) is 10.4. The molecule has 0 N–H and O–H groups in total. The number of hydrogen-bond acceptors (Lipinski definition) is 14. The summed E-state index contributed by atoms with van der Waals surface area (Å²) in [6.07, 6.45) is 40.9. The smallest absolute Gasteiger partial charge is 0.411 e. The van der Waals surface area contributed by atoms with Crippen molar-refractivity contribution >= 4 is 256 Å². The van der Waals surface area contributed by atoms with Crippen LogP contribution in [0.3, 0.4) is 0 Å². The van der Waals surface area contributed by atoms with Crippen molar-refractivity contribution in [2.75, 3.05) is 29.4 Å². The zero-order valence-corrected chi connectivity index (χ0v) is 102. The molecule has 21 heteroatoms. The summed E-state index contributed by atoms with van der Waals surface area (Å²) in [6, 6.07) is 102. The fraction of sp³-hybridized carbons (Fsp3) is 0.381. The van der Waals surface area contributed by atoms with Crippen molar-refractivity contribution in [1.29, 1.82) is 0 Å². The Morgan fingerprint density at radius 3 is 0.286 bits per heavy atom. The van der Waals surface area contributed by atoms with Crippen LogP contribution in [0.25, 0.3) is 0 Å². The predicted molar refractivity (Wildman–Crippen MR) is 681 cm³/mol. The number of aryl methyl sites for hydroxylation is 12. The van der Waals surface area contributed by atoms with E-state index in [-0.39, 0.29) is 21.1 Å². The topological polar surface area (TPSA) is 36.5 Å². The van der Waals surface area contributed by atoms with Gasteiger partial charge in [0.1, 0.15) is 0 Å². The van der Waals surface area contributed by atoms with Crippen LogP contribution in [0.5, 0.6) is 0 Å². The van der Waals surface area contributed by atoms with Gasteiger partial charge in [-0.25, -0.2) is 0 Å². The first-order chi connectivity index (χ1) is 71.1. The van der Waals surface area contributed by atoms with Crippen LogP contribution in [0.2, 0.25) is 0 Å². The first-order valence-electron chi connectivity index (χ1n) is 53.3. The Bertz CT molecular complexity index is 4640. The third kappa shape index (κ3) is 42.9. The molecule has 0 bridgehead atoms. The number of para-hydroxylation sites is 12. The number of unbranched alkanes of at least 4 members (excludes halogenated alkanes) is 12. The van der Waals surface area contributed by atoms with Crippen LogP contribution in [0, 0.1) is 0 Å². The minimum atomic E-state index is 0. The second-order valence-corrected chi connectivity index (χ2v) is 42.6. The fourth-order valence-electron chi connectivity index (χ4n) is 17.7. The molecule has 147 heavy (non-hydrogen) atoms. The molecule has 7 nitrogen and oxygen atoms in total. The molecule has 0 radical (unpaired) electrons. The zero-order valence-electron chi connectivity index (χ0n) is 89.0. The minimum Gasteiger partial charge on any atom is -0.411 e. The molecule has 0 saturated heterocycles. The van der Waals surface area contributed by atoms with Gasteiger partial charge in [0.25, 0.3) is 0 Å². The Hall–Kier alpha value is -7.99. The minimum absolute atomic E-state index is 0. The number of thiocarbonyl (C=S) groups is 6. The monoisotopic (exact) mass is 2280 g/mol. The maximum Gasteiger partial charge on any atom is 6.00 e. The Labute approximate surface area is 972 Å². The van der Waals surface area contributed by atoms with Crippen molar-refractivity contribution in [1.82, 2.24) is 0 Å². The van der Waals surface area contributed by atoms with Gasteiger partial charge in [-0.3, -0.25) is 0 Å². The number of nitrogens with zero attached hydrogens (tertiary/aromatic N) is 6. The van der Waals surface area contributed by atoms with E-state index in [2.05, 4.69) is 416 Å². The molecular formula is C126H156MoN6OS13. The Balaban J connectivity index is 0.000000309. The molecule has 0 unspecified atom stereocenters. The van der Waals surface area contributed by atoms with Gasteiger partial charge in [0.05, 0.1) is 0 Å². The molecule has 0 fully saturated rings. The van der Waals surface area contributed by atoms with Crippen molar-refractivity contribution in [3.63, 3.8) is 0 Å². The van der Waals surface area contributed by atoms with E-state index in [0.717, 1.165) is 145 Å². The van der Waals surface area contributed by atoms with E-state index in [0.29, 0.717) is 25.9 Å². The Morgan fingerprint density at radius 2 is 0.224 bits per heavy atom. The van der Waals surface area contributed by atoms with Gasteiger partial charge < -0.3 is 178 Å². The average molecular weight is 2280 g/mol. The molecule has 12 rings (SSSR count). The molecule has 12 aromatic rings. The van der Waals surface area contributed by atoms with Gasteiger partial charge in [0.15, 0.2) is 12.5 Å². The van der Waals surface area contributed by atoms with Gasteiger partial charge in [-0.1, -0.05) is 404 Å². The van der Waals surface area contributed by atoms with E-state index in [9.17, 15) is 0 Å². The van der Waals surface area contributed by atoms with E-state index < -0.39 is 0 Å². The number of rotatable bonds is 48. The van der Waals surface area contributed by atoms with E-state index in [4.69, 9.17) is 153 Å². The van der Waals surface area contributed by atoms with Crippen LogP contribution in [0.1, 0.15) is 304 Å². The van der Waals surface area contributed by atoms with Crippen molar-refractivity contribution < 1.29 is 25.3 Å². The van der Waals surface area contributed by atoms with Crippen LogP contribution < -0.4 is 29.4 Å². The van der Waals surface area contributed by atoms with Gasteiger partial charge in [-0.05, 0) is 294 Å². The van der Waals surface area contributed by atoms with Crippen LogP contribution >= 0.6 is 73.3 Å². The van der Waals surface area contributed by atoms with Crippen molar-refractivity contribution in [3.8, 4) is 0 Å². The summed E-state index contributed by atoms with van der Waals surface area (Å²) in [6.45, 7) is 26.6. The van der Waals surface area contributed by atoms with Gasteiger partial charge in [-0.2, -0.15) is 4.21 Å². The molecule has 0 aromatic heterocycles. The van der Waals surface area contributed by atoms with Gasteiger partial charge in [0, 0.05) is 68.2 Å². The quantitative estimate of drug-likeness (QED) is 0.0206. The summed E-state index contributed by atoms with van der Waals surface area (Å²) >= 11 is 68.4. The van der Waals surface area contributed by atoms with Gasteiger partial charge >= 0.3 is 21.1 Å². The summed E-state index contributed by atoms with van der Waals surface area (Å²) in [5, 5.41) is 0. The van der Waals surface area contributed by atoms with Crippen molar-refractivity contribution in [2.24, 2.45) is 0 Å². The molecule has 780 valence electrons. The maximum absolute atomic E-state index is 7.83. The molecule has 0 amide bonds. The Kier molecular flexibility index (Phi) is 67.4. The standard InChI is InChI=1S/6C21H27NS2.Mo.OS/c6*1-3-5-11-17-13-7-9-15-19(17)22(21(23)24)20-16-10-8-14-18(20)12-6-4-2;;1-2/h6*7-10,13-16H,3-6,11-12H2,1-2H3,(H,23,24);;/q;;;;;;+6;/p-6. The molecule has 0 heterocycles. The summed E-state index contributed by atoms with van der Waals surface area (Å²) in [5.74, 6) is 0. The molecule has 0 saturated carbocycles. The van der Waals surface area contributed by atoms with E-state index in [1.54, 1.807) is 0 Å². The second-order valence-electron chi connectivity index (χ2n) is 36.4. The SMILES string of the molecule is CCCCc1ccccc1N(C(=S)[S-])c1ccccc1CCCC.CCCCc1ccccc1N(C(=S)[S-])c1ccccc1CCCC.CCCCc1ccccc1N(C(=S)[S-])c1ccccc1CCCC.CCCCc1ccccc1N(C(=S)[S-])c1ccccc1CCCC.CCCCc1ccccc1N(C(=S)[S-])c1ccccc1CCCC.CCCCc1ccccc1N(C(=S)[S-])c1ccccc1CCCC.O=S.[Mo+6]. The third-order valence-corrected chi connectivity index (χ3v) is 27.7. The summed E-state index contributed by atoms with van der Waals surface area (Å²) in [4.78, 5) is 12.5. The molecule has 0 atom stereocenters. The third-order valence-electron chi connectivity index (χ3n) is 25.5. The molecule has 0 aliphatic heterocycles. The van der Waals surface area contributed by atoms with E-state index >= 15 is 0 Å². The number of benzene rings is 12. The maximum atomic E-state index is 7.83. The van der Waals surface area contributed by atoms with Crippen LogP contribution in [-0.2, 0) is 186 Å². The Morgan fingerprint density at radius 1 is 0.156 bits per heavy atom. The molecule has 0 aliphatic carbocycles. The summed E-state index contributed by atoms with van der Waals surface area (Å²) in [5.41, 5.74) is 29.4. The largest absolute Gasteiger partial charge is 6.00 e. The van der Waals surface area contributed by atoms with E-state index in [1.807, 2.05) is 0 Å². The fourth-order valence-corrected chi connectivity index (χ4v) is 20.0. The predicted octanol–water partition coefficient (Wildman–Crippen LogP) is 37.7. The second kappa shape index (κ2) is 76.5. The van der Waals surface area contributed by atoms with E-state index in [1.165, 1.54) is 221 Å². The first-order valence-corrected chi connectivity index (χ1v) is 58.5. The summed E-state index contributed by atoms with van der Waals surface area (Å²) < 4.78 is 10.8. The average Bonchev–Trinajstić information content (AvgIpc) is 0.825. The van der Waals surface area contributed by atoms with Crippen LogP contribution in [-0.4, -0.2) is 30.1 Å². The first kappa shape index (κ1) is 129. The molecule has 0 spiro atoms. The molecule has 12 aromatic carbocycles. The van der Waals surface area contributed by atoms with Crippen molar-refractivity contribution in [2.45, 2.75) is 314 Å². The number of hydrogen-bond donors (Lipinski definition) is 0. The van der Waals surface area contributed by atoms with Gasteiger partial charge in [-0.15, -0.1) is 0 Å². The van der Waals surface area contributed by atoms with Gasteiger partial charge in [0.2, 0.25) is 0 Å². The summed E-state index contributed by atoms with van der Waals surface area (Å²) in [7, 11) is 0. The van der Waals surface area contributed by atoms with Crippen LogP contribution in [0.4, 0.5) is 68.2 Å². The van der Waals surface area contributed by atoms with Crippen LogP contribution in [0.15, 0.2) is 291 Å². The zero-order chi connectivity index (χ0) is 106. The number of anilines is 12.